The van der Waals surface area contributed by atoms with Crippen molar-refractivity contribution in [1.82, 2.24) is 9.97 Å². The fraction of sp³-hybridized carbons (Fsp3) is 0.267. The van der Waals surface area contributed by atoms with E-state index in [-0.39, 0.29) is 5.84 Å². The van der Waals surface area contributed by atoms with Gasteiger partial charge >= 0.3 is 0 Å². The second kappa shape index (κ2) is 6.21. The molecular formula is C15H19N5O. The van der Waals surface area contributed by atoms with Gasteiger partial charge in [0.2, 0.25) is 0 Å². The van der Waals surface area contributed by atoms with Crippen LogP contribution in [0.15, 0.2) is 35.5 Å². The van der Waals surface area contributed by atoms with Gasteiger partial charge in [0.05, 0.1) is 0 Å². The molecule has 0 unspecified atom stereocenters. The molecule has 2 aromatic rings. The molecule has 1 aromatic carbocycles. The van der Waals surface area contributed by atoms with Crippen molar-refractivity contribution in [1.29, 1.82) is 0 Å². The Hall–Kier alpha value is -2.63. The first-order valence-corrected chi connectivity index (χ1v) is 6.71. The lowest BCUT2D eigenvalue weighted by atomic mass is 10.2. The van der Waals surface area contributed by atoms with Crippen molar-refractivity contribution >= 4 is 17.3 Å². The van der Waals surface area contributed by atoms with Gasteiger partial charge in [0, 0.05) is 30.1 Å². The topological polar surface area (TPSA) is 87.6 Å². The van der Waals surface area contributed by atoms with E-state index in [2.05, 4.69) is 22.0 Å². The van der Waals surface area contributed by atoms with Gasteiger partial charge in [0.25, 0.3) is 0 Å². The maximum atomic E-state index is 8.67. The van der Waals surface area contributed by atoms with Crippen LogP contribution in [0.3, 0.4) is 0 Å². The second-order valence-corrected chi connectivity index (χ2v) is 4.71. The van der Waals surface area contributed by atoms with Crippen molar-refractivity contribution in [3.05, 3.63) is 47.4 Å². The largest absolute Gasteiger partial charge is 0.409 e. The minimum atomic E-state index is 0.0929. The van der Waals surface area contributed by atoms with Crippen LogP contribution in [0.1, 0.15) is 24.0 Å². The van der Waals surface area contributed by atoms with E-state index in [9.17, 15) is 0 Å². The normalized spacial score (nSPS) is 11.5. The molecule has 1 heterocycles. The van der Waals surface area contributed by atoms with E-state index in [0.29, 0.717) is 5.56 Å². The van der Waals surface area contributed by atoms with Crippen molar-refractivity contribution in [3.8, 4) is 0 Å². The lowest BCUT2D eigenvalue weighted by molar-refractivity contribution is 0.318. The van der Waals surface area contributed by atoms with Crippen LogP contribution in [0, 0.1) is 6.92 Å². The predicted molar refractivity (Wildman–Crippen MR) is 83.2 cm³/mol. The summed E-state index contributed by atoms with van der Waals surface area (Å²) >= 11 is 0. The van der Waals surface area contributed by atoms with Crippen LogP contribution in [-0.4, -0.2) is 28.1 Å². The lowest BCUT2D eigenvalue weighted by Crippen LogP contribution is -2.15. The molecule has 1 aromatic heterocycles. The Balaban J connectivity index is 2.31. The van der Waals surface area contributed by atoms with Crippen molar-refractivity contribution in [2.75, 3.05) is 11.9 Å². The fourth-order valence-electron chi connectivity index (χ4n) is 2.01. The average molecular weight is 285 g/mol. The third kappa shape index (κ3) is 3.28. The fourth-order valence-corrected chi connectivity index (χ4v) is 2.01. The van der Waals surface area contributed by atoms with Gasteiger partial charge < -0.3 is 15.8 Å². The highest BCUT2D eigenvalue weighted by molar-refractivity contribution is 5.97. The van der Waals surface area contributed by atoms with Crippen LogP contribution in [0.25, 0.3) is 0 Å². The lowest BCUT2D eigenvalue weighted by Gasteiger charge is -2.19. The van der Waals surface area contributed by atoms with Gasteiger partial charge in [-0.15, -0.1) is 0 Å². The smallest absolute Gasteiger partial charge is 0.170 e. The summed E-state index contributed by atoms with van der Waals surface area (Å²) in [6.07, 6.45) is 0.868. The molecule has 0 fully saturated rings. The number of hydrogen-bond donors (Lipinski definition) is 2. The molecule has 0 bridgehead atoms. The molecular weight excluding hydrogens is 266 g/mol. The summed E-state index contributed by atoms with van der Waals surface area (Å²) < 4.78 is 0. The number of oxime groups is 1. The highest BCUT2D eigenvalue weighted by Crippen LogP contribution is 2.22. The highest BCUT2D eigenvalue weighted by Gasteiger charge is 2.09. The van der Waals surface area contributed by atoms with E-state index in [0.717, 1.165) is 29.4 Å². The SMILES string of the molecule is CCc1cc(N(C)c2ccc(C(N)=NO)cc2)nc(C)n1. The number of aromatic nitrogens is 2. The summed E-state index contributed by atoms with van der Waals surface area (Å²) in [6, 6.07) is 9.38. The maximum absolute atomic E-state index is 8.67. The van der Waals surface area contributed by atoms with Crippen molar-refractivity contribution < 1.29 is 5.21 Å². The average Bonchev–Trinajstić information content (AvgIpc) is 2.52. The summed E-state index contributed by atoms with van der Waals surface area (Å²) in [5.74, 6) is 1.69. The van der Waals surface area contributed by atoms with E-state index in [4.69, 9.17) is 10.9 Å². The molecule has 0 atom stereocenters. The standard InChI is InChI=1S/C15H19N5O/c1-4-12-9-14(18-10(2)17-12)20(3)13-7-5-11(6-8-13)15(16)19-21/h5-9,21H,4H2,1-3H3,(H2,16,19). The van der Waals surface area contributed by atoms with E-state index in [1.165, 1.54) is 0 Å². The van der Waals surface area contributed by atoms with Crippen LogP contribution in [0.2, 0.25) is 0 Å². The molecule has 6 heteroatoms. The van der Waals surface area contributed by atoms with Gasteiger partial charge in [0.15, 0.2) is 5.84 Å². The Morgan fingerprint density at radius 3 is 2.52 bits per heavy atom. The number of rotatable bonds is 4. The third-order valence-corrected chi connectivity index (χ3v) is 3.24. The molecule has 0 amide bonds. The van der Waals surface area contributed by atoms with Gasteiger partial charge in [-0.1, -0.05) is 12.1 Å². The van der Waals surface area contributed by atoms with Crippen LogP contribution in [0.4, 0.5) is 11.5 Å². The molecule has 0 aliphatic heterocycles. The minimum Gasteiger partial charge on any atom is -0.409 e. The molecule has 0 spiro atoms. The number of anilines is 2. The van der Waals surface area contributed by atoms with Gasteiger partial charge in [-0.3, -0.25) is 0 Å². The van der Waals surface area contributed by atoms with Crippen LogP contribution in [-0.2, 0) is 6.42 Å². The quantitative estimate of drug-likeness (QED) is 0.389. The van der Waals surface area contributed by atoms with Crippen molar-refractivity contribution in [3.63, 3.8) is 0 Å². The van der Waals surface area contributed by atoms with Crippen LogP contribution in [0.5, 0.6) is 0 Å². The molecule has 0 aliphatic carbocycles. The molecule has 6 nitrogen and oxygen atoms in total. The molecule has 0 aliphatic rings. The van der Waals surface area contributed by atoms with Crippen LogP contribution < -0.4 is 10.6 Å². The first kappa shape index (κ1) is 14.8. The van der Waals surface area contributed by atoms with E-state index >= 15 is 0 Å². The summed E-state index contributed by atoms with van der Waals surface area (Å²) in [7, 11) is 1.94. The maximum Gasteiger partial charge on any atom is 0.170 e. The van der Waals surface area contributed by atoms with E-state index in [1.54, 1.807) is 12.1 Å². The minimum absolute atomic E-state index is 0.0929. The Morgan fingerprint density at radius 2 is 1.95 bits per heavy atom. The first-order chi connectivity index (χ1) is 10.0. The number of amidine groups is 1. The second-order valence-electron chi connectivity index (χ2n) is 4.71. The molecule has 0 radical (unpaired) electrons. The molecule has 0 saturated heterocycles. The summed E-state index contributed by atoms with van der Waals surface area (Å²) in [5, 5.41) is 11.7. The number of nitrogens with two attached hydrogens (primary N) is 1. The van der Waals surface area contributed by atoms with Gasteiger partial charge in [0.1, 0.15) is 11.6 Å². The Bertz CT molecular complexity index is 652. The van der Waals surface area contributed by atoms with E-state index in [1.807, 2.05) is 37.1 Å². The first-order valence-electron chi connectivity index (χ1n) is 6.71. The molecule has 3 N–H and O–H groups in total. The van der Waals surface area contributed by atoms with Crippen molar-refractivity contribution in [2.45, 2.75) is 20.3 Å². The molecule has 2 rings (SSSR count). The number of aryl methyl sites for hydroxylation is 2. The molecule has 0 saturated carbocycles. The Morgan fingerprint density at radius 1 is 1.29 bits per heavy atom. The molecule has 110 valence electrons. The zero-order valence-electron chi connectivity index (χ0n) is 12.4. The number of benzene rings is 1. The van der Waals surface area contributed by atoms with Gasteiger partial charge in [-0.25, -0.2) is 9.97 Å². The zero-order valence-corrected chi connectivity index (χ0v) is 12.4. The zero-order chi connectivity index (χ0) is 15.4. The van der Waals surface area contributed by atoms with Gasteiger partial charge in [-0.05, 0) is 37.6 Å². The van der Waals surface area contributed by atoms with Crippen LogP contribution >= 0.6 is 0 Å². The van der Waals surface area contributed by atoms with E-state index < -0.39 is 0 Å². The molecule has 21 heavy (non-hydrogen) atoms. The summed E-state index contributed by atoms with van der Waals surface area (Å²) in [4.78, 5) is 10.8. The van der Waals surface area contributed by atoms with Gasteiger partial charge in [-0.2, -0.15) is 0 Å². The summed E-state index contributed by atoms with van der Waals surface area (Å²) in [6.45, 7) is 3.95. The number of hydrogen-bond acceptors (Lipinski definition) is 5. The summed E-state index contributed by atoms with van der Waals surface area (Å²) in [5.41, 5.74) is 8.20. The Kier molecular flexibility index (Phi) is 4.37. The monoisotopic (exact) mass is 285 g/mol. The predicted octanol–water partition coefficient (Wildman–Crippen LogP) is 2.21. The highest BCUT2D eigenvalue weighted by atomic mass is 16.4. The third-order valence-electron chi connectivity index (χ3n) is 3.24. The van der Waals surface area contributed by atoms with Crippen molar-refractivity contribution in [2.24, 2.45) is 10.9 Å². The Labute approximate surface area is 123 Å². The number of nitrogens with zero attached hydrogens (tertiary/aromatic N) is 4.